The van der Waals surface area contributed by atoms with E-state index < -0.39 is 0 Å². The molecule has 1 aliphatic carbocycles. The molecule has 1 aromatic carbocycles. The fraction of sp³-hybridized carbons (Fsp3) is 0.462. The molecule has 0 spiro atoms. The molecule has 0 saturated heterocycles. The number of nitrogens with two attached hydrogens (primary N) is 1. The van der Waals surface area contributed by atoms with Gasteiger partial charge in [-0.05, 0) is 37.0 Å². The smallest absolute Gasteiger partial charge is 0.0961 e. The van der Waals surface area contributed by atoms with Crippen LogP contribution in [0, 0.1) is 5.92 Å². The van der Waals surface area contributed by atoms with E-state index in [4.69, 9.17) is 5.73 Å². The molecule has 1 saturated carbocycles. The van der Waals surface area contributed by atoms with Crippen LogP contribution in [0.5, 0.6) is 0 Å². The molecule has 3 rings (SSSR count). The van der Waals surface area contributed by atoms with Gasteiger partial charge in [-0.1, -0.05) is 13.3 Å². The highest BCUT2D eigenvalue weighted by atomic mass is 15.1. The van der Waals surface area contributed by atoms with E-state index in [1.165, 1.54) is 24.8 Å². The summed E-state index contributed by atoms with van der Waals surface area (Å²) >= 11 is 0. The summed E-state index contributed by atoms with van der Waals surface area (Å²) in [6.45, 7) is 2.25. The van der Waals surface area contributed by atoms with Crippen LogP contribution in [-0.2, 0) is 0 Å². The highest BCUT2D eigenvalue weighted by Gasteiger charge is 2.38. The highest BCUT2D eigenvalue weighted by Crippen LogP contribution is 2.47. The van der Waals surface area contributed by atoms with Gasteiger partial charge in [-0.3, -0.25) is 0 Å². The summed E-state index contributed by atoms with van der Waals surface area (Å²) in [4.78, 5) is 4.42. The van der Waals surface area contributed by atoms with E-state index in [1.54, 1.807) is 0 Å². The summed E-state index contributed by atoms with van der Waals surface area (Å²) in [7, 11) is 0. The summed E-state index contributed by atoms with van der Waals surface area (Å²) in [6.07, 6.45) is 5.88. The van der Waals surface area contributed by atoms with Gasteiger partial charge in [-0.2, -0.15) is 0 Å². The van der Waals surface area contributed by atoms with Gasteiger partial charge in [0, 0.05) is 11.7 Å². The first-order chi connectivity index (χ1) is 7.79. The maximum absolute atomic E-state index is 5.75. The lowest BCUT2D eigenvalue weighted by atomic mass is 10.2. The molecule has 3 nitrogen and oxygen atoms in total. The van der Waals surface area contributed by atoms with Gasteiger partial charge in [0.1, 0.15) is 0 Å². The standard InChI is InChI=1S/C13H17N3/c1-2-3-9-6-13(9)16-8-15-11-7-10(14)4-5-12(11)16/h4-5,7-9,13H,2-3,6,14H2,1H3. The van der Waals surface area contributed by atoms with Crippen molar-refractivity contribution in [2.24, 2.45) is 5.92 Å². The molecule has 0 bridgehead atoms. The van der Waals surface area contributed by atoms with Crippen LogP contribution >= 0.6 is 0 Å². The number of hydrogen-bond acceptors (Lipinski definition) is 2. The normalized spacial score (nSPS) is 23.8. The lowest BCUT2D eigenvalue weighted by molar-refractivity contribution is 0.617. The van der Waals surface area contributed by atoms with Gasteiger partial charge in [0.05, 0.1) is 17.4 Å². The lowest BCUT2D eigenvalue weighted by Crippen LogP contribution is -1.94. The molecular weight excluding hydrogens is 198 g/mol. The zero-order valence-electron chi connectivity index (χ0n) is 9.56. The van der Waals surface area contributed by atoms with Gasteiger partial charge in [0.2, 0.25) is 0 Å². The Morgan fingerprint density at radius 3 is 3.19 bits per heavy atom. The number of nitrogen functional groups attached to an aromatic ring is 1. The van der Waals surface area contributed by atoms with Gasteiger partial charge in [-0.15, -0.1) is 0 Å². The maximum atomic E-state index is 5.75. The Labute approximate surface area is 95.3 Å². The number of fused-ring (bicyclic) bond motifs is 1. The van der Waals surface area contributed by atoms with E-state index in [9.17, 15) is 0 Å². The number of rotatable bonds is 3. The predicted octanol–water partition coefficient (Wildman–Crippen LogP) is 2.98. The Morgan fingerprint density at radius 1 is 1.50 bits per heavy atom. The van der Waals surface area contributed by atoms with E-state index in [1.807, 2.05) is 18.5 Å². The molecule has 0 aliphatic heterocycles. The van der Waals surface area contributed by atoms with Crippen molar-refractivity contribution in [3.63, 3.8) is 0 Å². The van der Waals surface area contributed by atoms with Crippen molar-refractivity contribution >= 4 is 16.7 Å². The number of aromatic nitrogens is 2. The van der Waals surface area contributed by atoms with Crippen molar-refractivity contribution in [1.82, 2.24) is 9.55 Å². The van der Waals surface area contributed by atoms with Gasteiger partial charge in [0.25, 0.3) is 0 Å². The molecule has 1 aromatic heterocycles. The predicted molar refractivity (Wildman–Crippen MR) is 66.2 cm³/mol. The Balaban J connectivity index is 1.94. The quantitative estimate of drug-likeness (QED) is 0.800. The highest BCUT2D eigenvalue weighted by molar-refractivity contribution is 5.79. The SMILES string of the molecule is CCCC1CC1n1cnc2cc(N)ccc21. The molecule has 2 aromatic rings. The largest absolute Gasteiger partial charge is 0.399 e. The third kappa shape index (κ3) is 1.47. The minimum absolute atomic E-state index is 0.675. The maximum Gasteiger partial charge on any atom is 0.0961 e. The van der Waals surface area contributed by atoms with E-state index in [-0.39, 0.29) is 0 Å². The van der Waals surface area contributed by atoms with Crippen LogP contribution < -0.4 is 5.73 Å². The third-order valence-electron chi connectivity index (χ3n) is 3.50. The fourth-order valence-corrected chi connectivity index (χ4v) is 2.57. The Hall–Kier alpha value is -1.51. The van der Waals surface area contributed by atoms with Gasteiger partial charge >= 0.3 is 0 Å². The summed E-state index contributed by atoms with van der Waals surface area (Å²) < 4.78 is 2.31. The second-order valence-electron chi connectivity index (χ2n) is 4.75. The molecule has 0 amide bonds. The van der Waals surface area contributed by atoms with E-state index in [0.717, 1.165) is 17.1 Å². The average molecular weight is 215 g/mol. The van der Waals surface area contributed by atoms with Crippen LogP contribution in [0.3, 0.4) is 0 Å². The molecule has 3 heteroatoms. The minimum Gasteiger partial charge on any atom is -0.399 e. The van der Waals surface area contributed by atoms with Gasteiger partial charge in [-0.25, -0.2) is 4.98 Å². The molecule has 2 N–H and O–H groups in total. The van der Waals surface area contributed by atoms with E-state index in [2.05, 4.69) is 22.5 Å². The number of benzene rings is 1. The lowest BCUT2D eigenvalue weighted by Gasteiger charge is -2.03. The third-order valence-corrected chi connectivity index (χ3v) is 3.50. The van der Waals surface area contributed by atoms with Crippen LogP contribution in [0.15, 0.2) is 24.5 Å². The monoisotopic (exact) mass is 215 g/mol. The molecule has 84 valence electrons. The van der Waals surface area contributed by atoms with Crippen LogP contribution in [0.25, 0.3) is 11.0 Å². The molecule has 1 fully saturated rings. The summed E-state index contributed by atoms with van der Waals surface area (Å²) in [6, 6.07) is 6.66. The molecule has 1 heterocycles. The van der Waals surface area contributed by atoms with Crippen molar-refractivity contribution < 1.29 is 0 Å². The number of imidazole rings is 1. The van der Waals surface area contributed by atoms with Crippen LogP contribution in [0.2, 0.25) is 0 Å². The first-order valence-corrected chi connectivity index (χ1v) is 6.01. The Bertz CT molecular complexity index is 515. The Kier molecular flexibility index (Phi) is 2.13. The van der Waals surface area contributed by atoms with Gasteiger partial charge in [0.15, 0.2) is 0 Å². The fourth-order valence-electron chi connectivity index (χ4n) is 2.57. The first-order valence-electron chi connectivity index (χ1n) is 6.01. The number of anilines is 1. The average Bonchev–Trinajstić information content (AvgIpc) is 2.90. The van der Waals surface area contributed by atoms with E-state index >= 15 is 0 Å². The number of nitrogens with zero attached hydrogens (tertiary/aromatic N) is 2. The molecule has 0 radical (unpaired) electrons. The van der Waals surface area contributed by atoms with Crippen LogP contribution in [-0.4, -0.2) is 9.55 Å². The van der Waals surface area contributed by atoms with Crippen molar-refractivity contribution in [3.8, 4) is 0 Å². The Morgan fingerprint density at radius 2 is 2.38 bits per heavy atom. The summed E-state index contributed by atoms with van der Waals surface area (Å²) in [5.41, 5.74) is 8.78. The van der Waals surface area contributed by atoms with Crippen molar-refractivity contribution in [2.75, 3.05) is 5.73 Å². The summed E-state index contributed by atoms with van der Waals surface area (Å²) in [5, 5.41) is 0. The molecule has 16 heavy (non-hydrogen) atoms. The van der Waals surface area contributed by atoms with Crippen LogP contribution in [0.1, 0.15) is 32.2 Å². The van der Waals surface area contributed by atoms with E-state index in [0.29, 0.717) is 6.04 Å². The first kappa shape index (κ1) is 9.70. The zero-order valence-corrected chi connectivity index (χ0v) is 9.56. The molecule has 2 atom stereocenters. The minimum atomic E-state index is 0.675. The van der Waals surface area contributed by atoms with Crippen molar-refractivity contribution in [3.05, 3.63) is 24.5 Å². The van der Waals surface area contributed by atoms with Gasteiger partial charge < -0.3 is 10.3 Å². The molecular formula is C13H17N3. The van der Waals surface area contributed by atoms with Crippen molar-refractivity contribution in [1.29, 1.82) is 0 Å². The second kappa shape index (κ2) is 3.51. The molecule has 1 aliphatic rings. The topological polar surface area (TPSA) is 43.8 Å². The number of hydrogen-bond donors (Lipinski definition) is 1. The zero-order chi connectivity index (χ0) is 11.1. The second-order valence-corrected chi connectivity index (χ2v) is 4.75. The summed E-state index contributed by atoms with van der Waals surface area (Å²) in [5.74, 6) is 0.861. The molecule has 2 unspecified atom stereocenters. The van der Waals surface area contributed by atoms with Crippen molar-refractivity contribution in [2.45, 2.75) is 32.2 Å². The van der Waals surface area contributed by atoms with Crippen LogP contribution in [0.4, 0.5) is 5.69 Å².